The number of nitrogen functional groups attached to an aromatic ring is 1. The van der Waals surface area contributed by atoms with Crippen molar-refractivity contribution in [3.8, 4) is 5.75 Å². The molecule has 0 atom stereocenters. The molecule has 3 rings (SSSR count). The van der Waals surface area contributed by atoms with Gasteiger partial charge in [-0.3, -0.25) is 5.73 Å². The van der Waals surface area contributed by atoms with Gasteiger partial charge in [-0.05, 0) is 36.4 Å². The fraction of sp³-hybridized carbons (Fsp3) is 0.188. The van der Waals surface area contributed by atoms with Crippen molar-refractivity contribution in [1.82, 2.24) is 4.57 Å². The lowest BCUT2D eigenvalue weighted by Crippen LogP contribution is -2.31. The number of nitrogens with two attached hydrogens (primary N) is 1. The minimum atomic E-state index is 0.574. The lowest BCUT2D eigenvalue weighted by atomic mass is 10.3. The molecule has 3 aromatic rings. The first kappa shape index (κ1) is 13.9. The molecule has 0 saturated carbocycles. The van der Waals surface area contributed by atoms with Gasteiger partial charge in [0.2, 0.25) is 0 Å². The van der Waals surface area contributed by atoms with Crippen molar-refractivity contribution >= 4 is 32.9 Å². The normalized spacial score (nSPS) is 11.0. The summed E-state index contributed by atoms with van der Waals surface area (Å²) in [5, 5.41) is 0. The quantitative estimate of drug-likeness (QED) is 0.738. The van der Waals surface area contributed by atoms with Crippen LogP contribution in [0.2, 0.25) is 0 Å². The zero-order valence-corrected chi connectivity index (χ0v) is 13.4. The largest absolute Gasteiger partial charge is 0.490 e. The minimum Gasteiger partial charge on any atom is -0.490 e. The lowest BCUT2D eigenvalue weighted by Gasteiger charge is -2.06. The molecule has 0 aliphatic rings. The molecular weight excluding hydrogens is 330 g/mol. The average Bonchev–Trinajstić information content (AvgIpc) is 2.75. The number of aryl methyl sites for hydroxylation is 1. The van der Waals surface area contributed by atoms with Gasteiger partial charge in [-0.15, -0.1) is 0 Å². The maximum atomic E-state index is 6.18. The van der Waals surface area contributed by atoms with Crippen molar-refractivity contribution in [1.29, 1.82) is 0 Å². The number of nitrogens with zero attached hydrogens (tertiary/aromatic N) is 2. The summed E-state index contributed by atoms with van der Waals surface area (Å²) >= 11 is 3.41. The fourth-order valence-corrected chi connectivity index (χ4v) is 2.69. The van der Waals surface area contributed by atoms with E-state index in [2.05, 4.69) is 32.6 Å². The molecule has 0 saturated heterocycles. The van der Waals surface area contributed by atoms with Crippen LogP contribution in [0.25, 0.3) is 11.0 Å². The molecular formula is C16H17BrN3O+. The highest BCUT2D eigenvalue weighted by Gasteiger charge is 2.17. The minimum absolute atomic E-state index is 0.574. The van der Waals surface area contributed by atoms with Crippen molar-refractivity contribution in [3.05, 3.63) is 53.0 Å². The number of fused-ring (bicyclic) bond motifs is 1. The number of rotatable bonds is 4. The predicted octanol–water partition coefficient (Wildman–Crippen LogP) is 2.89. The number of para-hydroxylation sites is 2. The summed E-state index contributed by atoms with van der Waals surface area (Å²) in [5.41, 5.74) is 8.42. The molecule has 21 heavy (non-hydrogen) atoms. The second-order valence-electron chi connectivity index (χ2n) is 4.86. The van der Waals surface area contributed by atoms with E-state index in [0.29, 0.717) is 13.2 Å². The Morgan fingerprint density at radius 2 is 1.86 bits per heavy atom. The second-order valence-corrected chi connectivity index (χ2v) is 5.78. The van der Waals surface area contributed by atoms with Gasteiger partial charge in [-0.1, -0.05) is 28.1 Å². The molecule has 0 bridgehead atoms. The van der Waals surface area contributed by atoms with Crippen LogP contribution in [0.5, 0.6) is 5.75 Å². The highest BCUT2D eigenvalue weighted by atomic mass is 79.9. The standard InChI is InChI=1S/C16H16BrN3O/c1-19-14-4-2-3-5-15(14)20(16(19)18)10-11-21-13-8-6-12(17)7-9-13/h2-9,18H,10-11H2,1H3/p+1. The van der Waals surface area contributed by atoms with E-state index in [0.717, 1.165) is 27.2 Å². The first-order valence-electron chi connectivity index (χ1n) is 6.78. The van der Waals surface area contributed by atoms with E-state index < -0.39 is 0 Å². The van der Waals surface area contributed by atoms with E-state index in [-0.39, 0.29) is 0 Å². The van der Waals surface area contributed by atoms with E-state index in [4.69, 9.17) is 10.5 Å². The second kappa shape index (κ2) is 5.77. The van der Waals surface area contributed by atoms with Crippen LogP contribution in [0, 0.1) is 0 Å². The SMILES string of the molecule is C[n+]1c(N)n(CCOc2ccc(Br)cc2)c2ccccc21. The number of halogens is 1. The van der Waals surface area contributed by atoms with E-state index >= 15 is 0 Å². The van der Waals surface area contributed by atoms with E-state index in [1.807, 2.05) is 48.0 Å². The Balaban J connectivity index is 1.76. The monoisotopic (exact) mass is 346 g/mol. The molecule has 0 aliphatic heterocycles. The Hall–Kier alpha value is -2.01. The van der Waals surface area contributed by atoms with E-state index in [9.17, 15) is 0 Å². The van der Waals surface area contributed by atoms with E-state index in [1.165, 1.54) is 0 Å². The molecule has 0 unspecified atom stereocenters. The summed E-state index contributed by atoms with van der Waals surface area (Å²) in [6, 6.07) is 16.0. The third-order valence-corrected chi connectivity index (χ3v) is 4.08. The van der Waals surface area contributed by atoms with Gasteiger partial charge in [-0.25, -0.2) is 9.13 Å². The Bertz CT molecular complexity index is 765. The van der Waals surface area contributed by atoms with Gasteiger partial charge in [0.25, 0.3) is 0 Å². The van der Waals surface area contributed by atoms with Crippen LogP contribution >= 0.6 is 15.9 Å². The summed E-state index contributed by atoms with van der Waals surface area (Å²) < 4.78 is 10.9. The number of ether oxygens (including phenoxy) is 1. The molecule has 108 valence electrons. The first-order valence-corrected chi connectivity index (χ1v) is 7.57. The van der Waals surface area contributed by atoms with Gasteiger partial charge in [0.05, 0.1) is 7.05 Å². The molecule has 1 aromatic heterocycles. The van der Waals surface area contributed by atoms with Crippen LogP contribution in [0.4, 0.5) is 5.95 Å². The zero-order valence-electron chi connectivity index (χ0n) is 11.8. The van der Waals surface area contributed by atoms with Gasteiger partial charge in [-0.2, -0.15) is 0 Å². The maximum absolute atomic E-state index is 6.18. The van der Waals surface area contributed by atoms with Gasteiger partial charge in [0.1, 0.15) is 29.9 Å². The van der Waals surface area contributed by atoms with Gasteiger partial charge in [0.15, 0.2) is 0 Å². The summed E-state index contributed by atoms with van der Waals surface area (Å²) in [6.07, 6.45) is 0. The molecule has 4 nitrogen and oxygen atoms in total. The van der Waals surface area contributed by atoms with Crippen LogP contribution in [-0.4, -0.2) is 11.2 Å². The van der Waals surface area contributed by atoms with Crippen molar-refractivity contribution in [2.75, 3.05) is 12.3 Å². The fourth-order valence-electron chi connectivity index (χ4n) is 2.42. The van der Waals surface area contributed by atoms with Crippen molar-refractivity contribution < 1.29 is 9.30 Å². The molecule has 1 heterocycles. The molecule has 0 spiro atoms. The summed E-state index contributed by atoms with van der Waals surface area (Å²) in [6.45, 7) is 1.29. The number of aromatic nitrogens is 2. The van der Waals surface area contributed by atoms with Crippen LogP contribution in [-0.2, 0) is 13.6 Å². The predicted molar refractivity (Wildman–Crippen MR) is 87.2 cm³/mol. The third-order valence-electron chi connectivity index (χ3n) is 3.55. The highest BCUT2D eigenvalue weighted by Crippen LogP contribution is 2.17. The first-order chi connectivity index (χ1) is 10.2. The topological polar surface area (TPSA) is 44.1 Å². The van der Waals surface area contributed by atoms with Crippen LogP contribution in [0.15, 0.2) is 53.0 Å². The Morgan fingerprint density at radius 3 is 2.62 bits per heavy atom. The van der Waals surface area contributed by atoms with Crippen LogP contribution in [0.1, 0.15) is 0 Å². The summed E-state index contributed by atoms with van der Waals surface area (Å²) in [4.78, 5) is 0. The Kier molecular flexibility index (Phi) is 3.84. The molecule has 0 aliphatic carbocycles. The summed E-state index contributed by atoms with van der Waals surface area (Å²) in [5.74, 6) is 1.59. The average molecular weight is 347 g/mol. The molecule has 0 fully saturated rings. The number of benzene rings is 2. The van der Waals surface area contributed by atoms with Crippen LogP contribution in [0.3, 0.4) is 0 Å². The molecule has 0 amide bonds. The van der Waals surface area contributed by atoms with E-state index in [1.54, 1.807) is 0 Å². The van der Waals surface area contributed by atoms with Gasteiger partial charge >= 0.3 is 5.95 Å². The van der Waals surface area contributed by atoms with Crippen molar-refractivity contribution in [2.24, 2.45) is 7.05 Å². The number of hydrogen-bond acceptors (Lipinski definition) is 2. The van der Waals surface area contributed by atoms with Gasteiger partial charge < -0.3 is 4.74 Å². The smallest absolute Gasteiger partial charge is 0.355 e. The Morgan fingerprint density at radius 1 is 1.14 bits per heavy atom. The highest BCUT2D eigenvalue weighted by molar-refractivity contribution is 9.10. The van der Waals surface area contributed by atoms with Crippen molar-refractivity contribution in [3.63, 3.8) is 0 Å². The van der Waals surface area contributed by atoms with Crippen molar-refractivity contribution in [2.45, 2.75) is 6.54 Å². The zero-order chi connectivity index (χ0) is 14.8. The van der Waals surface area contributed by atoms with Gasteiger partial charge in [0, 0.05) is 4.47 Å². The molecule has 0 radical (unpaired) electrons. The number of anilines is 1. The lowest BCUT2D eigenvalue weighted by molar-refractivity contribution is -0.630. The Labute approximate surface area is 131 Å². The third kappa shape index (κ3) is 2.74. The van der Waals surface area contributed by atoms with Crippen LogP contribution < -0.4 is 15.0 Å². The molecule has 2 aromatic carbocycles. The summed E-state index contributed by atoms with van der Waals surface area (Å²) in [7, 11) is 1.98. The molecule has 5 heteroatoms. The maximum Gasteiger partial charge on any atom is 0.355 e. The number of imidazole rings is 1. The number of hydrogen-bond donors (Lipinski definition) is 1. The molecule has 2 N–H and O–H groups in total.